The molecule has 1 aliphatic heterocycles. The number of amides is 1. The van der Waals surface area contributed by atoms with Crippen molar-refractivity contribution in [1.29, 1.82) is 0 Å². The van der Waals surface area contributed by atoms with Gasteiger partial charge >= 0.3 is 6.18 Å². The molecule has 0 aliphatic carbocycles. The van der Waals surface area contributed by atoms with Crippen LogP contribution in [0.1, 0.15) is 11.6 Å². The fourth-order valence-electron chi connectivity index (χ4n) is 2.42. The van der Waals surface area contributed by atoms with Crippen LogP contribution in [0.5, 0.6) is 0 Å². The number of hydrogen-bond acceptors (Lipinski definition) is 3. The Morgan fingerprint density at radius 3 is 2.78 bits per heavy atom. The van der Waals surface area contributed by atoms with Gasteiger partial charge in [-0.1, -0.05) is 12.1 Å². The second kappa shape index (κ2) is 8.47. The predicted octanol–water partition coefficient (Wildman–Crippen LogP) is 1.87. The van der Waals surface area contributed by atoms with E-state index in [1.54, 1.807) is 17.0 Å². The minimum atomic E-state index is -4.43. The molecule has 1 aromatic carbocycles. The third-order valence-electron chi connectivity index (χ3n) is 3.42. The van der Waals surface area contributed by atoms with Crippen LogP contribution in [0.4, 0.5) is 17.6 Å². The minimum Gasteiger partial charge on any atom is -0.346 e. The van der Waals surface area contributed by atoms with Gasteiger partial charge in [-0.3, -0.25) is 9.69 Å². The Morgan fingerprint density at radius 1 is 1.39 bits per heavy atom. The van der Waals surface area contributed by atoms with Crippen LogP contribution >= 0.6 is 12.4 Å². The van der Waals surface area contributed by atoms with Crippen molar-refractivity contribution in [2.24, 2.45) is 0 Å². The van der Waals surface area contributed by atoms with Gasteiger partial charge in [0, 0.05) is 25.7 Å². The van der Waals surface area contributed by atoms with E-state index in [2.05, 4.69) is 5.32 Å². The van der Waals surface area contributed by atoms with Crippen LogP contribution in [-0.2, 0) is 4.79 Å². The molecule has 9 heteroatoms. The summed E-state index contributed by atoms with van der Waals surface area (Å²) >= 11 is 0. The van der Waals surface area contributed by atoms with Crippen molar-refractivity contribution < 1.29 is 22.4 Å². The normalized spacial score (nSPS) is 19.0. The zero-order valence-corrected chi connectivity index (χ0v) is 13.0. The van der Waals surface area contributed by atoms with Crippen molar-refractivity contribution in [3.8, 4) is 0 Å². The molecule has 23 heavy (non-hydrogen) atoms. The number of halogens is 5. The molecule has 1 unspecified atom stereocenters. The van der Waals surface area contributed by atoms with Crippen LogP contribution < -0.4 is 10.6 Å². The van der Waals surface area contributed by atoms with E-state index in [0.29, 0.717) is 25.2 Å². The molecule has 4 nitrogen and oxygen atoms in total. The average molecular weight is 356 g/mol. The molecule has 2 rings (SSSR count). The maximum absolute atomic E-state index is 13.3. The van der Waals surface area contributed by atoms with E-state index in [1.807, 2.05) is 5.32 Å². The molecule has 0 radical (unpaired) electrons. The Kier molecular flexibility index (Phi) is 7.24. The zero-order valence-electron chi connectivity index (χ0n) is 12.2. The third kappa shape index (κ3) is 6.32. The maximum Gasteiger partial charge on any atom is 0.405 e. The molecule has 2 N–H and O–H groups in total. The van der Waals surface area contributed by atoms with Gasteiger partial charge < -0.3 is 10.6 Å². The highest BCUT2D eigenvalue weighted by Gasteiger charge is 2.29. The van der Waals surface area contributed by atoms with E-state index in [0.717, 1.165) is 0 Å². The van der Waals surface area contributed by atoms with Gasteiger partial charge in [-0.2, -0.15) is 13.2 Å². The second-order valence-corrected chi connectivity index (χ2v) is 5.14. The SMILES string of the molecule is Cl.O=C(CN1CCNCC1c1cccc(F)c1)NCC(F)(F)F. The van der Waals surface area contributed by atoms with Gasteiger partial charge in [0.1, 0.15) is 12.4 Å². The van der Waals surface area contributed by atoms with E-state index in [1.165, 1.54) is 12.1 Å². The van der Waals surface area contributed by atoms with Crippen molar-refractivity contribution in [3.05, 3.63) is 35.6 Å². The van der Waals surface area contributed by atoms with Crippen molar-refractivity contribution >= 4 is 18.3 Å². The van der Waals surface area contributed by atoms with E-state index in [4.69, 9.17) is 0 Å². The Bertz CT molecular complexity index is 527. The molecule has 1 aliphatic rings. The molecule has 1 amide bonds. The van der Waals surface area contributed by atoms with Gasteiger partial charge in [-0.25, -0.2) is 4.39 Å². The highest BCUT2D eigenvalue weighted by molar-refractivity contribution is 5.85. The van der Waals surface area contributed by atoms with E-state index in [-0.39, 0.29) is 30.8 Å². The number of piperazine rings is 1. The van der Waals surface area contributed by atoms with Gasteiger partial charge in [-0.15, -0.1) is 12.4 Å². The molecule has 0 aromatic heterocycles. The van der Waals surface area contributed by atoms with Gasteiger partial charge in [0.05, 0.1) is 6.54 Å². The number of nitrogens with one attached hydrogen (secondary N) is 2. The zero-order chi connectivity index (χ0) is 16.2. The average Bonchev–Trinajstić information content (AvgIpc) is 2.45. The van der Waals surface area contributed by atoms with Crippen LogP contribution in [0, 0.1) is 5.82 Å². The number of carbonyl (C=O) groups excluding carboxylic acids is 1. The first-order valence-electron chi connectivity index (χ1n) is 6.89. The topological polar surface area (TPSA) is 44.4 Å². The number of alkyl halides is 3. The van der Waals surface area contributed by atoms with E-state index in [9.17, 15) is 22.4 Å². The quantitative estimate of drug-likeness (QED) is 0.811. The summed E-state index contributed by atoms with van der Waals surface area (Å²) in [6, 6.07) is 5.75. The van der Waals surface area contributed by atoms with Crippen LogP contribution in [0.15, 0.2) is 24.3 Å². The van der Waals surface area contributed by atoms with E-state index >= 15 is 0 Å². The summed E-state index contributed by atoms with van der Waals surface area (Å²) in [6.07, 6.45) is -4.43. The molecule has 0 spiro atoms. The lowest BCUT2D eigenvalue weighted by Gasteiger charge is -2.36. The summed E-state index contributed by atoms with van der Waals surface area (Å²) in [7, 11) is 0. The Hall–Kier alpha value is -1.38. The Labute approximate surface area is 137 Å². The number of nitrogens with zero attached hydrogens (tertiary/aromatic N) is 1. The van der Waals surface area contributed by atoms with Gasteiger partial charge in [0.2, 0.25) is 5.91 Å². The molecule has 1 fully saturated rings. The molecule has 1 aromatic rings. The highest BCUT2D eigenvalue weighted by Crippen LogP contribution is 2.22. The largest absolute Gasteiger partial charge is 0.405 e. The number of carbonyl (C=O) groups is 1. The minimum absolute atomic E-state index is 0. The maximum atomic E-state index is 13.3. The third-order valence-corrected chi connectivity index (χ3v) is 3.42. The molecule has 1 atom stereocenters. The van der Waals surface area contributed by atoms with E-state index < -0.39 is 18.6 Å². The van der Waals surface area contributed by atoms with Crippen LogP contribution in [0.25, 0.3) is 0 Å². The van der Waals surface area contributed by atoms with Crippen LogP contribution in [-0.4, -0.2) is 49.7 Å². The smallest absolute Gasteiger partial charge is 0.346 e. The molecule has 1 saturated heterocycles. The molecule has 1 heterocycles. The summed E-state index contributed by atoms with van der Waals surface area (Å²) in [4.78, 5) is 13.4. The molecule has 130 valence electrons. The first-order valence-corrected chi connectivity index (χ1v) is 6.89. The van der Waals surface area contributed by atoms with Crippen molar-refractivity contribution in [2.45, 2.75) is 12.2 Å². The summed E-state index contributed by atoms with van der Waals surface area (Å²) in [6.45, 7) is 0.135. The molecule has 0 bridgehead atoms. The summed E-state index contributed by atoms with van der Waals surface area (Å²) in [5.74, 6) is -1.08. The Morgan fingerprint density at radius 2 is 2.13 bits per heavy atom. The molecular weight excluding hydrogens is 338 g/mol. The monoisotopic (exact) mass is 355 g/mol. The van der Waals surface area contributed by atoms with Crippen LogP contribution in [0.3, 0.4) is 0 Å². The second-order valence-electron chi connectivity index (χ2n) is 5.14. The number of hydrogen-bond donors (Lipinski definition) is 2. The standard InChI is InChI=1S/C14H17F4N3O.ClH/c15-11-3-1-2-10(6-11)12-7-19-4-5-21(12)8-13(22)20-9-14(16,17)18;/h1-3,6,12,19H,4-5,7-9H2,(H,20,22);1H. The first-order chi connectivity index (χ1) is 10.3. The number of rotatable bonds is 4. The highest BCUT2D eigenvalue weighted by atomic mass is 35.5. The number of benzene rings is 1. The first kappa shape index (κ1) is 19.7. The van der Waals surface area contributed by atoms with Gasteiger partial charge in [0.15, 0.2) is 0 Å². The lowest BCUT2D eigenvalue weighted by Crippen LogP contribution is -2.50. The Balaban J connectivity index is 0.00000264. The fraction of sp³-hybridized carbons (Fsp3) is 0.500. The molecule has 0 saturated carbocycles. The van der Waals surface area contributed by atoms with Crippen molar-refractivity contribution in [3.63, 3.8) is 0 Å². The summed E-state index contributed by atoms with van der Waals surface area (Å²) < 4.78 is 49.6. The van der Waals surface area contributed by atoms with Crippen LogP contribution in [0.2, 0.25) is 0 Å². The van der Waals surface area contributed by atoms with Gasteiger partial charge in [-0.05, 0) is 17.7 Å². The van der Waals surface area contributed by atoms with Crippen molar-refractivity contribution in [2.75, 3.05) is 32.7 Å². The lowest BCUT2D eigenvalue weighted by molar-refractivity contribution is -0.139. The lowest BCUT2D eigenvalue weighted by atomic mass is 10.0. The predicted molar refractivity (Wildman–Crippen MR) is 79.9 cm³/mol. The summed E-state index contributed by atoms with van der Waals surface area (Å²) in [5.41, 5.74) is 0.691. The van der Waals surface area contributed by atoms with Gasteiger partial charge in [0.25, 0.3) is 0 Å². The molecular formula is C14H18ClF4N3O. The summed E-state index contributed by atoms with van der Waals surface area (Å²) in [5, 5.41) is 4.99. The fourth-order valence-corrected chi connectivity index (χ4v) is 2.42. The van der Waals surface area contributed by atoms with Crippen molar-refractivity contribution in [1.82, 2.24) is 15.5 Å².